The zero-order valence-electron chi connectivity index (χ0n) is 14.1. The van der Waals surface area contributed by atoms with Crippen LogP contribution in [-0.2, 0) is 0 Å². The van der Waals surface area contributed by atoms with E-state index in [2.05, 4.69) is 74.4 Å². The number of hydrogen-bond acceptors (Lipinski definition) is 2. The van der Waals surface area contributed by atoms with Crippen LogP contribution in [0, 0.1) is 0 Å². The molecule has 0 fully saturated rings. The van der Waals surface area contributed by atoms with Gasteiger partial charge in [0.2, 0.25) is 0 Å². The summed E-state index contributed by atoms with van der Waals surface area (Å²) in [5, 5.41) is 0. The van der Waals surface area contributed by atoms with E-state index >= 15 is 0 Å². The molecule has 0 rings (SSSR count). The first-order valence-corrected chi connectivity index (χ1v) is 17.9. The predicted molar refractivity (Wildman–Crippen MR) is 93.2 cm³/mol. The molecule has 0 spiro atoms. The van der Waals surface area contributed by atoms with Gasteiger partial charge < -0.3 is 0 Å². The van der Waals surface area contributed by atoms with Crippen LogP contribution >= 0.6 is 0 Å². The number of nitrogens with zero attached hydrogens (tertiary/aromatic N) is 2. The molecule has 0 saturated carbocycles. The van der Waals surface area contributed by atoms with E-state index in [0.717, 1.165) is 26.2 Å². The van der Waals surface area contributed by atoms with E-state index < -0.39 is 18.4 Å². The van der Waals surface area contributed by atoms with Gasteiger partial charge in [0, 0.05) is 0 Å². The molecule has 0 aromatic carbocycles. The third kappa shape index (κ3) is 8.21. The van der Waals surface area contributed by atoms with Crippen LogP contribution in [-0.4, -0.2) is 61.2 Å². The molecule has 0 aliphatic heterocycles. The Kier molecular flexibility index (Phi) is 10.2. The van der Waals surface area contributed by atoms with Gasteiger partial charge in [-0.25, -0.2) is 0 Å². The summed E-state index contributed by atoms with van der Waals surface area (Å²) in [6.45, 7) is 13.8. The average Bonchev–Trinajstić information content (AvgIpc) is 2.35. The zero-order valence-corrected chi connectivity index (χ0v) is 17.0. The van der Waals surface area contributed by atoms with Gasteiger partial charge in [-0.1, -0.05) is 0 Å². The first-order chi connectivity index (χ1) is 8.89. The molecular formula is C15H33BN2Sn. The second-order valence-electron chi connectivity index (χ2n) is 5.97. The molecule has 0 aromatic heterocycles. The second kappa shape index (κ2) is 10.1. The van der Waals surface area contributed by atoms with Crippen molar-refractivity contribution < 1.29 is 0 Å². The van der Waals surface area contributed by atoms with Gasteiger partial charge in [-0.05, 0) is 0 Å². The van der Waals surface area contributed by atoms with Gasteiger partial charge in [0.25, 0.3) is 0 Å². The molecule has 0 unspecified atom stereocenters. The Balaban J connectivity index is 4.85. The fourth-order valence-electron chi connectivity index (χ4n) is 2.18. The third-order valence-electron chi connectivity index (χ3n) is 3.36. The van der Waals surface area contributed by atoms with Gasteiger partial charge in [-0.2, -0.15) is 0 Å². The summed E-state index contributed by atoms with van der Waals surface area (Å²) < 4.78 is 2.46. The molecule has 0 aliphatic carbocycles. The maximum atomic E-state index is 2.51. The van der Waals surface area contributed by atoms with Gasteiger partial charge in [-0.3, -0.25) is 0 Å². The van der Waals surface area contributed by atoms with Crippen molar-refractivity contribution in [2.24, 2.45) is 0 Å². The van der Waals surface area contributed by atoms with E-state index in [1.807, 2.05) is 0 Å². The quantitative estimate of drug-likeness (QED) is 0.451. The van der Waals surface area contributed by atoms with Crippen LogP contribution in [0.5, 0.6) is 0 Å². The Morgan fingerprint density at radius 1 is 0.789 bits per heavy atom. The molecular weight excluding hydrogens is 338 g/mol. The number of hydrogen-bond donors (Lipinski definition) is 0. The molecule has 0 bridgehead atoms. The van der Waals surface area contributed by atoms with Crippen LogP contribution in [0.1, 0.15) is 27.7 Å². The van der Waals surface area contributed by atoms with Crippen molar-refractivity contribution in [3.8, 4) is 0 Å². The third-order valence-corrected chi connectivity index (χ3v) is 6.77. The molecule has 4 heteroatoms. The minimum atomic E-state index is -1.76. The Bertz CT molecular complexity index is 264. The summed E-state index contributed by atoms with van der Waals surface area (Å²) >= 11 is -1.76. The van der Waals surface area contributed by atoms with E-state index in [0.29, 0.717) is 6.98 Å². The topological polar surface area (TPSA) is 6.48 Å². The van der Waals surface area contributed by atoms with Crippen LogP contribution in [0.15, 0.2) is 22.2 Å². The van der Waals surface area contributed by atoms with E-state index in [1.54, 1.807) is 0 Å². The molecule has 2 nitrogen and oxygen atoms in total. The van der Waals surface area contributed by atoms with Crippen LogP contribution in [0.3, 0.4) is 0 Å². The predicted octanol–water partition coefficient (Wildman–Crippen LogP) is 3.69. The van der Waals surface area contributed by atoms with Crippen molar-refractivity contribution in [1.29, 1.82) is 0 Å². The molecule has 0 aliphatic rings. The standard InChI is InChI=1S/C12H24BN2.3CH3.Sn/c1-6-11-12-13(14(7-2)8-3)15(9-4)10-5;;;;/h1,6,11-12H,7-10H2,2-5H3;3*1H3;. The summed E-state index contributed by atoms with van der Waals surface area (Å²) in [5.74, 6) is 2.36. The summed E-state index contributed by atoms with van der Waals surface area (Å²) in [5.41, 5.74) is 0. The molecule has 0 heterocycles. The van der Waals surface area contributed by atoms with Crippen molar-refractivity contribution in [2.75, 3.05) is 26.2 Å². The van der Waals surface area contributed by atoms with Gasteiger partial charge in [-0.15, -0.1) is 0 Å². The summed E-state index contributed by atoms with van der Waals surface area (Å²) in [4.78, 5) is 12.3. The van der Waals surface area contributed by atoms with Crippen molar-refractivity contribution in [3.05, 3.63) is 22.2 Å². The van der Waals surface area contributed by atoms with Gasteiger partial charge >= 0.3 is 126 Å². The van der Waals surface area contributed by atoms with Crippen LogP contribution in [0.25, 0.3) is 0 Å². The van der Waals surface area contributed by atoms with Crippen molar-refractivity contribution in [3.63, 3.8) is 0 Å². The second-order valence-corrected chi connectivity index (χ2v) is 20.4. The van der Waals surface area contributed by atoms with Crippen molar-refractivity contribution in [1.82, 2.24) is 9.62 Å². The molecule has 0 radical (unpaired) electrons. The minimum absolute atomic E-state index is 0.435. The molecule has 0 N–H and O–H groups in total. The Hall–Kier alpha value is 0.264. The molecule has 0 amide bonds. The first-order valence-electron chi connectivity index (χ1n) is 7.73. The van der Waals surface area contributed by atoms with E-state index in [1.165, 1.54) is 0 Å². The Labute approximate surface area is 125 Å². The number of rotatable bonds is 9. The molecule has 0 aromatic rings. The fraction of sp³-hybridized carbons (Fsp3) is 0.733. The SMILES string of the molecule is CCN(CC)B(C=CC=[CH][Sn]([CH3])([CH3])[CH3])N(CC)CC. The Morgan fingerprint density at radius 3 is 1.53 bits per heavy atom. The Morgan fingerprint density at radius 2 is 1.21 bits per heavy atom. The first kappa shape index (κ1) is 19.3. The molecule has 110 valence electrons. The van der Waals surface area contributed by atoms with Gasteiger partial charge in [0.05, 0.1) is 0 Å². The maximum absolute atomic E-state index is 2.51. The van der Waals surface area contributed by atoms with Crippen molar-refractivity contribution >= 4 is 25.4 Å². The summed E-state index contributed by atoms with van der Waals surface area (Å²) in [6.07, 6.45) is 4.53. The number of allylic oxidation sites excluding steroid dienone is 2. The van der Waals surface area contributed by atoms with E-state index in [4.69, 9.17) is 0 Å². The zero-order chi connectivity index (χ0) is 14.9. The van der Waals surface area contributed by atoms with Crippen molar-refractivity contribution in [2.45, 2.75) is 42.5 Å². The molecule has 0 saturated heterocycles. The van der Waals surface area contributed by atoms with Crippen LogP contribution < -0.4 is 0 Å². The summed E-state index contributed by atoms with van der Waals surface area (Å²) in [7, 11) is 0. The van der Waals surface area contributed by atoms with Crippen LogP contribution in [0.2, 0.25) is 14.8 Å². The van der Waals surface area contributed by atoms with Gasteiger partial charge in [0.15, 0.2) is 0 Å². The average molecular weight is 371 g/mol. The van der Waals surface area contributed by atoms with E-state index in [-0.39, 0.29) is 0 Å². The van der Waals surface area contributed by atoms with Gasteiger partial charge in [0.1, 0.15) is 0 Å². The molecule has 0 atom stereocenters. The summed E-state index contributed by atoms with van der Waals surface area (Å²) in [6, 6.07) is 0. The van der Waals surface area contributed by atoms with E-state index in [9.17, 15) is 0 Å². The van der Waals surface area contributed by atoms with Crippen LogP contribution in [0.4, 0.5) is 0 Å². The normalized spacial score (nSPS) is 13.3. The molecule has 19 heavy (non-hydrogen) atoms. The monoisotopic (exact) mass is 372 g/mol. The fourth-order valence-corrected chi connectivity index (χ4v) is 4.14.